The summed E-state index contributed by atoms with van der Waals surface area (Å²) in [5.41, 5.74) is 4.57. The molecule has 8 heteroatoms. The lowest BCUT2D eigenvalue weighted by molar-refractivity contribution is -0.142. The molecular weight excluding hydrogens is 472 g/mol. The van der Waals surface area contributed by atoms with Gasteiger partial charge in [0.25, 0.3) is 0 Å². The summed E-state index contributed by atoms with van der Waals surface area (Å²) < 4.78 is 7.37. The number of aliphatic hydroxyl groups excluding tert-OH is 2. The van der Waals surface area contributed by atoms with Crippen LogP contribution in [0.15, 0.2) is 54.6 Å². The predicted octanol–water partition coefficient (Wildman–Crippen LogP) is 4.12. The second-order valence-electron chi connectivity index (χ2n) is 9.94. The number of hydrogen-bond acceptors (Lipinski definition) is 6. The van der Waals surface area contributed by atoms with Gasteiger partial charge in [-0.3, -0.25) is 4.68 Å². The van der Waals surface area contributed by atoms with Gasteiger partial charge in [0.1, 0.15) is 18.1 Å². The smallest absolute Gasteiger partial charge is 0.329 e. The molecule has 2 aromatic carbocycles. The SMILES string of the molecule is O=C(O)COCC1CCC(Cn2nc(-c3ccccc3)c(-c3cccc(O)c3)c2CC[C@H](O)CO)CC1. The van der Waals surface area contributed by atoms with E-state index >= 15 is 0 Å². The minimum absolute atomic E-state index is 0.175. The van der Waals surface area contributed by atoms with Crippen molar-refractivity contribution in [2.45, 2.75) is 51.2 Å². The molecule has 0 spiro atoms. The summed E-state index contributed by atoms with van der Waals surface area (Å²) in [7, 11) is 0. The highest BCUT2D eigenvalue weighted by atomic mass is 16.5. The third-order valence-electron chi connectivity index (χ3n) is 7.14. The van der Waals surface area contributed by atoms with Crippen molar-refractivity contribution in [3.63, 3.8) is 0 Å². The minimum Gasteiger partial charge on any atom is -0.508 e. The molecule has 4 rings (SSSR count). The van der Waals surface area contributed by atoms with Crippen LogP contribution in [0, 0.1) is 11.8 Å². The van der Waals surface area contributed by atoms with E-state index in [0.29, 0.717) is 31.3 Å². The Labute approximate surface area is 217 Å². The summed E-state index contributed by atoms with van der Waals surface area (Å²) in [5.74, 6) is 0.0185. The van der Waals surface area contributed by atoms with Gasteiger partial charge in [-0.1, -0.05) is 42.5 Å². The van der Waals surface area contributed by atoms with Gasteiger partial charge in [0.05, 0.1) is 19.3 Å². The first kappa shape index (κ1) is 26.9. The molecule has 0 radical (unpaired) electrons. The van der Waals surface area contributed by atoms with E-state index in [2.05, 4.69) is 4.68 Å². The average molecular weight is 509 g/mol. The van der Waals surface area contributed by atoms with Gasteiger partial charge in [0, 0.05) is 23.4 Å². The molecule has 198 valence electrons. The monoisotopic (exact) mass is 508 g/mol. The summed E-state index contributed by atoms with van der Waals surface area (Å²) in [5, 5.41) is 43.6. The van der Waals surface area contributed by atoms with Crippen LogP contribution >= 0.6 is 0 Å². The molecule has 0 aliphatic heterocycles. The molecule has 0 amide bonds. The van der Waals surface area contributed by atoms with Crippen molar-refractivity contribution in [2.75, 3.05) is 19.8 Å². The Morgan fingerprint density at radius 3 is 2.41 bits per heavy atom. The highest BCUT2D eigenvalue weighted by Gasteiger charge is 2.26. The second-order valence-corrected chi connectivity index (χ2v) is 9.94. The molecule has 0 saturated heterocycles. The van der Waals surface area contributed by atoms with Gasteiger partial charge < -0.3 is 25.2 Å². The topological polar surface area (TPSA) is 125 Å². The molecule has 0 bridgehead atoms. The van der Waals surface area contributed by atoms with Crippen LogP contribution in [0.4, 0.5) is 0 Å². The summed E-state index contributed by atoms with van der Waals surface area (Å²) in [6, 6.07) is 17.1. The first-order chi connectivity index (χ1) is 17.9. The summed E-state index contributed by atoms with van der Waals surface area (Å²) >= 11 is 0. The maximum atomic E-state index is 10.7. The van der Waals surface area contributed by atoms with Gasteiger partial charge in [-0.25, -0.2) is 4.79 Å². The number of hydrogen-bond donors (Lipinski definition) is 4. The first-order valence-corrected chi connectivity index (χ1v) is 13.0. The van der Waals surface area contributed by atoms with Gasteiger partial charge >= 0.3 is 5.97 Å². The van der Waals surface area contributed by atoms with Crippen LogP contribution in [0.5, 0.6) is 5.75 Å². The van der Waals surface area contributed by atoms with E-state index in [1.165, 1.54) is 0 Å². The third-order valence-corrected chi connectivity index (χ3v) is 7.14. The van der Waals surface area contributed by atoms with Gasteiger partial charge in [0.2, 0.25) is 0 Å². The molecule has 37 heavy (non-hydrogen) atoms. The molecule has 1 saturated carbocycles. The maximum absolute atomic E-state index is 10.7. The van der Waals surface area contributed by atoms with E-state index in [1.54, 1.807) is 12.1 Å². The molecule has 4 N–H and O–H groups in total. The van der Waals surface area contributed by atoms with Crippen molar-refractivity contribution in [1.82, 2.24) is 9.78 Å². The highest BCUT2D eigenvalue weighted by Crippen LogP contribution is 2.38. The number of ether oxygens (including phenoxy) is 1. The Bertz CT molecular complexity index is 1150. The maximum Gasteiger partial charge on any atom is 0.329 e. The molecule has 1 aliphatic carbocycles. The number of carboxylic acid groups (broad SMARTS) is 1. The number of benzene rings is 2. The number of nitrogens with zero attached hydrogens (tertiary/aromatic N) is 2. The second kappa shape index (κ2) is 12.9. The zero-order valence-electron chi connectivity index (χ0n) is 21.0. The van der Waals surface area contributed by atoms with Crippen LogP contribution in [0.1, 0.15) is 37.8 Å². The predicted molar refractivity (Wildman–Crippen MR) is 140 cm³/mol. The van der Waals surface area contributed by atoms with Crippen molar-refractivity contribution < 1.29 is 30.0 Å². The van der Waals surface area contributed by atoms with E-state index in [-0.39, 0.29) is 19.0 Å². The van der Waals surface area contributed by atoms with Crippen LogP contribution in [-0.4, -0.2) is 62.1 Å². The fourth-order valence-electron chi connectivity index (χ4n) is 5.20. The van der Waals surface area contributed by atoms with Gasteiger partial charge in [-0.2, -0.15) is 5.10 Å². The average Bonchev–Trinajstić information content (AvgIpc) is 3.26. The van der Waals surface area contributed by atoms with Crippen LogP contribution < -0.4 is 0 Å². The Balaban J connectivity index is 1.62. The standard InChI is InChI=1S/C29H36N2O6/c32-17-25(34)13-14-26-28(23-7-4-8-24(33)15-23)29(22-5-2-1-3-6-22)30-31(26)16-20-9-11-21(12-10-20)18-37-19-27(35)36/h1-8,15,20-21,25,32-34H,9-14,16-19H2,(H,35,36)/t20?,21?,25-/m0/s1. The third kappa shape index (κ3) is 7.19. The van der Waals surface area contributed by atoms with E-state index in [1.807, 2.05) is 42.5 Å². The highest BCUT2D eigenvalue weighted by molar-refractivity contribution is 5.83. The summed E-state index contributed by atoms with van der Waals surface area (Å²) in [6.07, 6.45) is 4.08. The van der Waals surface area contributed by atoms with Crippen LogP contribution in [0.25, 0.3) is 22.4 Å². The minimum atomic E-state index is -0.942. The van der Waals surface area contributed by atoms with E-state index in [4.69, 9.17) is 14.9 Å². The van der Waals surface area contributed by atoms with Gasteiger partial charge in [0.15, 0.2) is 0 Å². The number of phenolic OH excluding ortho intramolecular Hbond substituents is 1. The molecule has 1 aliphatic rings. The van der Waals surface area contributed by atoms with Crippen molar-refractivity contribution in [1.29, 1.82) is 0 Å². The Hall–Kier alpha value is -3.20. The van der Waals surface area contributed by atoms with Crippen molar-refractivity contribution in [3.8, 4) is 28.1 Å². The lowest BCUT2D eigenvalue weighted by Crippen LogP contribution is -2.24. The number of rotatable bonds is 12. The molecule has 1 aromatic heterocycles. The fourth-order valence-corrected chi connectivity index (χ4v) is 5.20. The summed E-state index contributed by atoms with van der Waals surface area (Å²) in [6.45, 7) is 0.655. The van der Waals surface area contributed by atoms with Crippen molar-refractivity contribution in [3.05, 3.63) is 60.3 Å². The molecule has 1 heterocycles. The molecular formula is C29H36N2O6. The van der Waals surface area contributed by atoms with Gasteiger partial charge in [-0.15, -0.1) is 0 Å². The number of carboxylic acids is 1. The zero-order chi connectivity index (χ0) is 26.2. The molecule has 1 atom stereocenters. The number of phenols is 1. The number of aliphatic hydroxyl groups is 2. The molecule has 3 aromatic rings. The van der Waals surface area contributed by atoms with Crippen molar-refractivity contribution >= 4 is 5.97 Å². The van der Waals surface area contributed by atoms with Crippen LogP contribution in [-0.2, 0) is 22.5 Å². The number of aromatic nitrogens is 2. The van der Waals surface area contributed by atoms with E-state index < -0.39 is 12.1 Å². The van der Waals surface area contributed by atoms with E-state index in [9.17, 15) is 20.1 Å². The summed E-state index contributed by atoms with van der Waals surface area (Å²) in [4.78, 5) is 10.7. The quantitative estimate of drug-likeness (QED) is 0.290. The largest absolute Gasteiger partial charge is 0.508 e. The number of aromatic hydroxyl groups is 1. The Morgan fingerprint density at radius 2 is 1.73 bits per heavy atom. The zero-order valence-corrected chi connectivity index (χ0v) is 21.0. The first-order valence-electron chi connectivity index (χ1n) is 13.0. The lowest BCUT2D eigenvalue weighted by atomic mass is 9.82. The number of carbonyl (C=O) groups is 1. The van der Waals surface area contributed by atoms with E-state index in [0.717, 1.165) is 60.3 Å². The molecule has 0 unspecified atom stereocenters. The normalized spacial score (nSPS) is 18.5. The fraction of sp³-hybridized carbons (Fsp3) is 0.448. The van der Waals surface area contributed by atoms with Gasteiger partial charge in [-0.05, 0) is 68.1 Å². The molecule has 1 fully saturated rings. The Kier molecular flexibility index (Phi) is 9.33. The van der Waals surface area contributed by atoms with Crippen LogP contribution in [0.3, 0.4) is 0 Å². The lowest BCUT2D eigenvalue weighted by Gasteiger charge is -2.28. The van der Waals surface area contributed by atoms with Crippen molar-refractivity contribution in [2.24, 2.45) is 11.8 Å². The number of aliphatic carboxylic acids is 1. The molecule has 8 nitrogen and oxygen atoms in total. The van der Waals surface area contributed by atoms with Crippen LogP contribution in [0.2, 0.25) is 0 Å². The Morgan fingerprint density at radius 1 is 1.03 bits per heavy atom.